The van der Waals surface area contributed by atoms with Crippen LogP contribution in [0.2, 0.25) is 0 Å². The van der Waals surface area contributed by atoms with Crippen LogP contribution in [0.5, 0.6) is 11.5 Å². The van der Waals surface area contributed by atoms with Gasteiger partial charge in [-0.2, -0.15) is 0 Å². The van der Waals surface area contributed by atoms with Crippen LogP contribution in [0.15, 0.2) is 62.9 Å². The molecule has 0 saturated heterocycles. The molecule has 1 heterocycles. The van der Waals surface area contributed by atoms with E-state index in [0.29, 0.717) is 23.8 Å². The number of nitrogens with one attached hydrogen (secondary N) is 1. The normalized spacial score (nSPS) is 11.3. The van der Waals surface area contributed by atoms with Crippen LogP contribution < -0.4 is 14.8 Å². The predicted octanol–water partition coefficient (Wildman–Crippen LogP) is 6.03. The Kier molecular flexibility index (Phi) is 7.56. The van der Waals surface area contributed by atoms with E-state index < -0.39 is 0 Å². The van der Waals surface area contributed by atoms with Crippen LogP contribution in [-0.4, -0.2) is 26.7 Å². The van der Waals surface area contributed by atoms with Crippen molar-refractivity contribution in [3.05, 3.63) is 71.0 Å². The molecule has 0 spiro atoms. The van der Waals surface area contributed by atoms with Crippen LogP contribution in [0, 0.1) is 6.92 Å². The van der Waals surface area contributed by atoms with Gasteiger partial charge in [0.15, 0.2) is 10.9 Å². The summed E-state index contributed by atoms with van der Waals surface area (Å²) < 4.78 is 16.4. The van der Waals surface area contributed by atoms with Crippen molar-refractivity contribution in [2.24, 2.45) is 0 Å². The zero-order chi connectivity index (χ0) is 23.3. The molecule has 0 aliphatic carbocycles. The Morgan fingerprint density at radius 2 is 1.69 bits per heavy atom. The minimum absolute atomic E-state index is 0.0734. The van der Waals surface area contributed by atoms with Crippen molar-refractivity contribution in [2.45, 2.75) is 49.5 Å². The Bertz CT molecular complexity index is 1060. The molecule has 0 radical (unpaired) electrons. The third-order valence-electron chi connectivity index (χ3n) is 5.18. The van der Waals surface area contributed by atoms with Gasteiger partial charge in [0.25, 0.3) is 5.91 Å². The van der Waals surface area contributed by atoms with Crippen LogP contribution in [0.25, 0.3) is 0 Å². The fourth-order valence-electron chi connectivity index (χ4n) is 3.20. The number of furan rings is 1. The zero-order valence-electron chi connectivity index (χ0n) is 19.6. The highest BCUT2D eigenvalue weighted by molar-refractivity contribution is 7.99. The molecule has 0 aliphatic rings. The first-order valence-corrected chi connectivity index (χ1v) is 11.4. The van der Waals surface area contributed by atoms with Crippen LogP contribution >= 0.6 is 11.8 Å². The van der Waals surface area contributed by atoms with Crippen LogP contribution in [0.4, 0.5) is 0 Å². The maximum absolute atomic E-state index is 12.5. The van der Waals surface area contributed by atoms with E-state index in [1.165, 1.54) is 22.9 Å². The fraction of sp³-hybridized carbons (Fsp3) is 0.346. The number of hydrogen-bond donors (Lipinski definition) is 1. The van der Waals surface area contributed by atoms with Crippen LogP contribution in [-0.2, 0) is 11.8 Å². The third-order valence-corrected chi connectivity index (χ3v) is 6.26. The monoisotopic (exact) mass is 453 g/mol. The van der Waals surface area contributed by atoms with E-state index in [4.69, 9.17) is 13.9 Å². The molecule has 0 unspecified atom stereocenters. The molecule has 6 heteroatoms. The molecule has 5 nitrogen and oxygen atoms in total. The standard InChI is InChI=1S/C26H31NO4S/c1-17-7-8-19(26(2,3)4)15-23(17)32-24-10-9-22(31-24)25(28)27-12-11-18-13-20(29-5)16-21(14-18)30-6/h7-10,13-16H,11-12H2,1-6H3,(H,27,28). The summed E-state index contributed by atoms with van der Waals surface area (Å²) in [6.45, 7) is 9.15. The second-order valence-corrected chi connectivity index (χ2v) is 9.72. The lowest BCUT2D eigenvalue weighted by atomic mass is 9.87. The molecule has 1 amide bonds. The van der Waals surface area contributed by atoms with Gasteiger partial charge in [-0.15, -0.1) is 0 Å². The van der Waals surface area contributed by atoms with Gasteiger partial charge in [0.2, 0.25) is 0 Å². The van der Waals surface area contributed by atoms with E-state index >= 15 is 0 Å². The first kappa shape index (κ1) is 23.8. The highest BCUT2D eigenvalue weighted by atomic mass is 32.2. The Morgan fingerprint density at radius 3 is 2.31 bits per heavy atom. The summed E-state index contributed by atoms with van der Waals surface area (Å²) in [5.41, 5.74) is 3.54. The van der Waals surface area contributed by atoms with Crippen molar-refractivity contribution in [1.82, 2.24) is 5.32 Å². The molecule has 0 saturated carbocycles. The van der Waals surface area contributed by atoms with Crippen molar-refractivity contribution < 1.29 is 18.7 Å². The van der Waals surface area contributed by atoms with Gasteiger partial charge in [-0.05, 0) is 65.8 Å². The molecule has 0 aliphatic heterocycles. The molecule has 1 N–H and O–H groups in total. The van der Waals surface area contributed by atoms with Crippen molar-refractivity contribution in [1.29, 1.82) is 0 Å². The van der Waals surface area contributed by atoms with Gasteiger partial charge in [0.1, 0.15) is 11.5 Å². The molecule has 1 aromatic heterocycles. The summed E-state index contributed by atoms with van der Waals surface area (Å²) in [4.78, 5) is 13.7. The SMILES string of the molecule is COc1cc(CCNC(=O)c2ccc(Sc3cc(C(C)(C)C)ccc3C)o2)cc(OC)c1. The fourth-order valence-corrected chi connectivity index (χ4v) is 4.10. The quantitative estimate of drug-likeness (QED) is 0.451. The first-order valence-electron chi connectivity index (χ1n) is 10.6. The lowest BCUT2D eigenvalue weighted by molar-refractivity contribution is 0.0921. The number of aryl methyl sites for hydroxylation is 1. The van der Waals surface area contributed by atoms with E-state index in [-0.39, 0.29) is 11.3 Å². The number of hydrogen-bond acceptors (Lipinski definition) is 5. The number of methoxy groups -OCH3 is 2. The van der Waals surface area contributed by atoms with Gasteiger partial charge in [0, 0.05) is 17.5 Å². The lowest BCUT2D eigenvalue weighted by Crippen LogP contribution is -2.25. The smallest absolute Gasteiger partial charge is 0.287 e. The molecule has 3 aromatic rings. The van der Waals surface area contributed by atoms with Gasteiger partial charge >= 0.3 is 0 Å². The van der Waals surface area contributed by atoms with Crippen LogP contribution in [0.3, 0.4) is 0 Å². The second-order valence-electron chi connectivity index (χ2n) is 8.68. The Balaban J connectivity index is 1.61. The van der Waals surface area contributed by atoms with Crippen LogP contribution in [0.1, 0.15) is 48.0 Å². The highest BCUT2D eigenvalue weighted by Crippen LogP contribution is 2.35. The van der Waals surface area contributed by atoms with Crippen molar-refractivity contribution in [3.8, 4) is 11.5 Å². The Morgan fingerprint density at radius 1 is 1.00 bits per heavy atom. The van der Waals surface area contributed by atoms with E-state index in [9.17, 15) is 4.79 Å². The molecule has 3 rings (SSSR count). The number of amides is 1. The van der Waals surface area contributed by atoms with E-state index in [2.05, 4.69) is 51.2 Å². The van der Waals surface area contributed by atoms with Gasteiger partial charge in [-0.25, -0.2) is 0 Å². The molecule has 0 fully saturated rings. The summed E-state index contributed by atoms with van der Waals surface area (Å²) in [7, 11) is 3.24. The molecular weight excluding hydrogens is 422 g/mol. The van der Waals surface area contributed by atoms with Gasteiger partial charge in [0.05, 0.1) is 14.2 Å². The number of carbonyl (C=O) groups excluding carboxylic acids is 1. The number of rotatable bonds is 8. The molecular formula is C26H31NO4S. The zero-order valence-corrected chi connectivity index (χ0v) is 20.4. The lowest BCUT2D eigenvalue weighted by Gasteiger charge is -2.20. The summed E-state index contributed by atoms with van der Waals surface area (Å²) in [6.07, 6.45) is 0.653. The van der Waals surface area contributed by atoms with Crippen molar-refractivity contribution in [3.63, 3.8) is 0 Å². The largest absolute Gasteiger partial charge is 0.497 e. The van der Waals surface area contributed by atoms with Crippen molar-refractivity contribution in [2.75, 3.05) is 20.8 Å². The minimum Gasteiger partial charge on any atom is -0.497 e. The Labute approximate surface area is 194 Å². The van der Waals surface area contributed by atoms with E-state index in [1.54, 1.807) is 20.3 Å². The van der Waals surface area contributed by atoms with Gasteiger partial charge < -0.3 is 19.2 Å². The van der Waals surface area contributed by atoms with Crippen molar-refractivity contribution >= 4 is 17.7 Å². The number of ether oxygens (including phenoxy) is 2. The third kappa shape index (κ3) is 6.10. The summed E-state index contributed by atoms with van der Waals surface area (Å²) >= 11 is 1.54. The Hall–Kier alpha value is -2.86. The molecule has 2 aromatic carbocycles. The molecule has 32 heavy (non-hydrogen) atoms. The predicted molar refractivity (Wildman–Crippen MR) is 128 cm³/mol. The van der Waals surface area contributed by atoms with Gasteiger partial charge in [-0.3, -0.25) is 4.79 Å². The summed E-state index contributed by atoms with van der Waals surface area (Å²) in [5, 5.41) is 3.61. The topological polar surface area (TPSA) is 60.7 Å². The van der Waals surface area contributed by atoms with E-state index in [0.717, 1.165) is 22.0 Å². The summed E-state index contributed by atoms with van der Waals surface area (Å²) in [6, 6.07) is 15.7. The molecule has 0 atom stereocenters. The molecule has 0 bridgehead atoms. The first-order chi connectivity index (χ1) is 15.2. The van der Waals surface area contributed by atoms with E-state index in [1.807, 2.05) is 24.3 Å². The number of benzene rings is 2. The second kappa shape index (κ2) is 10.2. The maximum atomic E-state index is 12.5. The van der Waals surface area contributed by atoms with Gasteiger partial charge in [-0.1, -0.05) is 44.7 Å². The average molecular weight is 454 g/mol. The maximum Gasteiger partial charge on any atom is 0.287 e. The molecule has 170 valence electrons. The highest BCUT2D eigenvalue weighted by Gasteiger charge is 2.17. The number of carbonyl (C=O) groups is 1. The minimum atomic E-state index is -0.230. The summed E-state index contributed by atoms with van der Waals surface area (Å²) in [5.74, 6) is 1.53. The average Bonchev–Trinajstić information content (AvgIpc) is 3.22.